The van der Waals surface area contributed by atoms with E-state index in [1.807, 2.05) is 0 Å². The molecule has 0 aliphatic rings. The third-order valence-corrected chi connectivity index (χ3v) is 3.35. The summed E-state index contributed by atoms with van der Waals surface area (Å²) in [7, 11) is 0. The van der Waals surface area contributed by atoms with Crippen LogP contribution < -0.4 is 11.1 Å². The van der Waals surface area contributed by atoms with E-state index in [0.717, 1.165) is 0 Å². The summed E-state index contributed by atoms with van der Waals surface area (Å²) in [5.74, 6) is 0.576. The predicted octanol–water partition coefficient (Wildman–Crippen LogP) is 2.52. The van der Waals surface area contributed by atoms with Crippen LogP contribution in [-0.4, -0.2) is 4.98 Å². The van der Waals surface area contributed by atoms with Gasteiger partial charge in [0.25, 0.3) is 0 Å². The summed E-state index contributed by atoms with van der Waals surface area (Å²) in [5, 5.41) is 16.3. The quantitative estimate of drug-likeness (QED) is 0.870. The van der Waals surface area contributed by atoms with E-state index in [-0.39, 0.29) is 0 Å². The van der Waals surface area contributed by atoms with E-state index in [4.69, 9.17) is 11.0 Å². The molecule has 0 aliphatic carbocycles. The van der Waals surface area contributed by atoms with E-state index in [0.29, 0.717) is 23.6 Å². The van der Waals surface area contributed by atoms with Crippen LogP contribution in [0.15, 0.2) is 23.0 Å². The van der Waals surface area contributed by atoms with Crippen LogP contribution in [0.1, 0.15) is 16.7 Å². The number of nitrogens with two attached hydrogens (primary N) is 1. The highest BCUT2D eigenvalue weighted by Gasteiger charge is 2.05. The van der Waals surface area contributed by atoms with Gasteiger partial charge in [-0.2, -0.15) is 16.6 Å². The number of nitrogen functional groups attached to an aromatic ring is 1. The molecular formula is C12H12N4S. The van der Waals surface area contributed by atoms with Crippen molar-refractivity contribution in [3.05, 3.63) is 39.7 Å². The molecule has 3 N–H and O–H groups in total. The number of rotatable bonds is 3. The van der Waals surface area contributed by atoms with Crippen LogP contribution in [0.25, 0.3) is 0 Å². The van der Waals surface area contributed by atoms with Crippen LogP contribution in [-0.2, 0) is 6.54 Å². The fourth-order valence-corrected chi connectivity index (χ4v) is 2.31. The van der Waals surface area contributed by atoms with Gasteiger partial charge < -0.3 is 11.1 Å². The first-order chi connectivity index (χ1) is 8.20. The molecule has 4 nitrogen and oxygen atoms in total. The molecule has 0 saturated carbocycles. The van der Waals surface area contributed by atoms with Crippen molar-refractivity contribution >= 4 is 22.8 Å². The molecule has 0 amide bonds. The van der Waals surface area contributed by atoms with Gasteiger partial charge in [-0.15, -0.1) is 0 Å². The summed E-state index contributed by atoms with van der Waals surface area (Å²) < 4.78 is 0. The molecule has 0 spiro atoms. The normalized spacial score (nSPS) is 9.88. The van der Waals surface area contributed by atoms with E-state index in [9.17, 15) is 0 Å². The number of nitrogens with zero attached hydrogens (tertiary/aromatic N) is 2. The summed E-state index contributed by atoms with van der Waals surface area (Å²) in [5.41, 5.74) is 9.01. The Hall–Kier alpha value is -2.06. The Kier molecular flexibility index (Phi) is 3.26. The van der Waals surface area contributed by atoms with Gasteiger partial charge in [0, 0.05) is 6.54 Å². The molecule has 86 valence electrons. The molecule has 2 aromatic rings. The van der Waals surface area contributed by atoms with Gasteiger partial charge in [0.05, 0.1) is 17.4 Å². The number of hydrogen-bond acceptors (Lipinski definition) is 5. The van der Waals surface area contributed by atoms with Crippen molar-refractivity contribution in [1.82, 2.24) is 4.98 Å². The maximum atomic E-state index is 8.97. The van der Waals surface area contributed by atoms with Gasteiger partial charge in [-0.25, -0.2) is 4.98 Å². The monoisotopic (exact) mass is 244 g/mol. The first-order valence-corrected chi connectivity index (χ1v) is 6.06. The minimum atomic E-state index is 0.470. The van der Waals surface area contributed by atoms with Gasteiger partial charge >= 0.3 is 0 Å². The van der Waals surface area contributed by atoms with E-state index in [1.54, 1.807) is 23.6 Å². The van der Waals surface area contributed by atoms with E-state index < -0.39 is 0 Å². The Labute approximate surface area is 104 Å². The summed E-state index contributed by atoms with van der Waals surface area (Å²) in [6.07, 6.45) is 1.55. The third kappa shape index (κ3) is 2.55. The van der Waals surface area contributed by atoms with Crippen molar-refractivity contribution in [3.63, 3.8) is 0 Å². The van der Waals surface area contributed by atoms with Gasteiger partial charge in [-0.3, -0.25) is 0 Å². The molecular weight excluding hydrogens is 232 g/mol. The molecule has 0 saturated heterocycles. The predicted molar refractivity (Wildman–Crippen MR) is 69.7 cm³/mol. The molecule has 0 radical (unpaired) electrons. The first-order valence-electron chi connectivity index (χ1n) is 5.12. The van der Waals surface area contributed by atoms with Crippen LogP contribution in [0, 0.1) is 18.3 Å². The summed E-state index contributed by atoms with van der Waals surface area (Å²) >= 11 is 1.67. The lowest BCUT2D eigenvalue weighted by Gasteiger charge is -2.07. The zero-order valence-corrected chi connectivity index (χ0v) is 10.2. The molecule has 2 aromatic heterocycles. The Balaban J connectivity index is 2.15. The molecule has 0 aromatic carbocycles. The SMILES string of the molecule is Cc1cscc1CNc1ncc(N)cc1C#N. The highest BCUT2D eigenvalue weighted by atomic mass is 32.1. The molecule has 0 bridgehead atoms. The minimum Gasteiger partial charge on any atom is -0.397 e. The molecule has 5 heteroatoms. The van der Waals surface area contributed by atoms with Crippen molar-refractivity contribution in [2.45, 2.75) is 13.5 Å². The van der Waals surface area contributed by atoms with Crippen molar-refractivity contribution < 1.29 is 0 Å². The van der Waals surface area contributed by atoms with Gasteiger partial charge in [0.2, 0.25) is 0 Å². The van der Waals surface area contributed by atoms with Crippen molar-refractivity contribution in [1.29, 1.82) is 5.26 Å². The molecule has 2 heterocycles. The maximum Gasteiger partial charge on any atom is 0.144 e. The first kappa shape index (κ1) is 11.4. The standard InChI is InChI=1S/C12H12N4S/c1-8-6-17-7-10(8)4-15-12-9(3-13)2-11(14)5-16-12/h2,5-7H,4,14H2,1H3,(H,15,16). The number of anilines is 2. The number of thiophene rings is 1. The second kappa shape index (κ2) is 4.85. The van der Waals surface area contributed by atoms with Crippen molar-refractivity contribution in [3.8, 4) is 6.07 Å². The fraction of sp³-hybridized carbons (Fsp3) is 0.167. The highest BCUT2D eigenvalue weighted by molar-refractivity contribution is 7.08. The van der Waals surface area contributed by atoms with Crippen molar-refractivity contribution in [2.24, 2.45) is 0 Å². The van der Waals surface area contributed by atoms with Gasteiger partial charge in [-0.1, -0.05) is 0 Å². The lowest BCUT2D eigenvalue weighted by Crippen LogP contribution is -2.04. The van der Waals surface area contributed by atoms with Gasteiger partial charge in [0.1, 0.15) is 11.9 Å². The largest absolute Gasteiger partial charge is 0.397 e. The zero-order chi connectivity index (χ0) is 12.3. The van der Waals surface area contributed by atoms with Crippen LogP contribution in [0.5, 0.6) is 0 Å². The number of nitrogens with one attached hydrogen (secondary N) is 1. The Morgan fingerprint density at radius 3 is 3.00 bits per heavy atom. The van der Waals surface area contributed by atoms with Crippen LogP contribution >= 0.6 is 11.3 Å². The summed E-state index contributed by atoms with van der Waals surface area (Å²) in [6, 6.07) is 3.70. The summed E-state index contributed by atoms with van der Waals surface area (Å²) in [4.78, 5) is 4.12. The number of aryl methyl sites for hydroxylation is 1. The minimum absolute atomic E-state index is 0.470. The van der Waals surface area contributed by atoms with Gasteiger partial charge in [0.15, 0.2) is 0 Å². The smallest absolute Gasteiger partial charge is 0.144 e. The Bertz CT molecular complexity index is 568. The van der Waals surface area contributed by atoms with Crippen molar-refractivity contribution in [2.75, 3.05) is 11.1 Å². The molecule has 0 atom stereocenters. The second-order valence-electron chi connectivity index (χ2n) is 3.71. The molecule has 17 heavy (non-hydrogen) atoms. The number of aromatic nitrogens is 1. The van der Waals surface area contributed by atoms with E-state index in [1.165, 1.54) is 11.1 Å². The number of pyridine rings is 1. The van der Waals surface area contributed by atoms with Crippen LogP contribution in [0.3, 0.4) is 0 Å². The molecule has 0 fully saturated rings. The number of hydrogen-bond donors (Lipinski definition) is 2. The van der Waals surface area contributed by atoms with Crippen LogP contribution in [0.4, 0.5) is 11.5 Å². The Morgan fingerprint density at radius 2 is 2.35 bits per heavy atom. The lowest BCUT2D eigenvalue weighted by atomic mass is 10.2. The molecule has 0 unspecified atom stereocenters. The van der Waals surface area contributed by atoms with E-state index in [2.05, 4.69) is 34.1 Å². The average molecular weight is 244 g/mol. The third-order valence-electron chi connectivity index (χ3n) is 2.44. The average Bonchev–Trinajstić information content (AvgIpc) is 2.73. The number of nitriles is 1. The lowest BCUT2D eigenvalue weighted by molar-refractivity contribution is 1.10. The molecule has 0 aliphatic heterocycles. The van der Waals surface area contributed by atoms with E-state index >= 15 is 0 Å². The highest BCUT2D eigenvalue weighted by Crippen LogP contribution is 2.18. The fourth-order valence-electron chi connectivity index (χ4n) is 1.45. The maximum absolute atomic E-state index is 8.97. The second-order valence-corrected chi connectivity index (χ2v) is 4.45. The van der Waals surface area contributed by atoms with Crippen LogP contribution in [0.2, 0.25) is 0 Å². The van der Waals surface area contributed by atoms with Gasteiger partial charge in [-0.05, 0) is 34.9 Å². The summed E-state index contributed by atoms with van der Waals surface area (Å²) in [6.45, 7) is 2.73. The topological polar surface area (TPSA) is 74.7 Å². The Morgan fingerprint density at radius 1 is 1.53 bits per heavy atom. The molecule has 2 rings (SSSR count). The zero-order valence-electron chi connectivity index (χ0n) is 9.40.